The topological polar surface area (TPSA) is 216 Å². The Bertz CT molecular complexity index is 1170. The molecule has 0 saturated carbocycles. The van der Waals surface area contributed by atoms with Crippen molar-refractivity contribution in [2.45, 2.75) is 12.3 Å². The highest BCUT2D eigenvalue weighted by Gasteiger charge is 2.43. The van der Waals surface area contributed by atoms with Crippen LogP contribution in [0.2, 0.25) is 0 Å². The van der Waals surface area contributed by atoms with Crippen LogP contribution >= 0.6 is 15.6 Å². The normalized spacial score (nSPS) is 24.5. The molecule has 4 atom stereocenters. The lowest BCUT2D eigenvalue weighted by Crippen LogP contribution is -2.21. The van der Waals surface area contributed by atoms with Crippen LogP contribution in [-0.4, -0.2) is 59.5 Å². The van der Waals surface area contributed by atoms with Crippen molar-refractivity contribution in [3.8, 4) is 12.3 Å². The van der Waals surface area contributed by atoms with Crippen molar-refractivity contribution in [3.05, 3.63) is 18.3 Å². The van der Waals surface area contributed by atoms with Gasteiger partial charge in [0.2, 0.25) is 5.95 Å². The molecule has 0 aromatic carbocycles. The number of phosphoric acid groups is 2. The number of hydrogen-bond acceptors (Lipinski definition) is 11. The number of fused-ring (bicyclic) bond motifs is 1. The molecular formula is C14H18N6O9P2. The maximum Gasteiger partial charge on any atom is 0.535 e. The number of phosphoric ester groups is 1. The van der Waals surface area contributed by atoms with E-state index in [2.05, 4.69) is 29.7 Å². The fourth-order valence-corrected chi connectivity index (χ4v) is 4.27. The second kappa shape index (κ2) is 8.10. The molecule has 2 aromatic rings. The van der Waals surface area contributed by atoms with Crippen LogP contribution in [0.4, 0.5) is 11.8 Å². The fourth-order valence-electron chi connectivity index (χ4n) is 2.80. The van der Waals surface area contributed by atoms with Gasteiger partial charge >= 0.3 is 15.6 Å². The fraction of sp³-hybridized carbons (Fsp3) is 0.357. The number of anilines is 2. The number of aromatic nitrogens is 4. The lowest BCUT2D eigenvalue weighted by Gasteiger charge is -2.17. The molecule has 1 aliphatic heterocycles. The minimum Gasteiger partial charge on any atom is -0.467 e. The number of ether oxygens (including phenoxy) is 1. The first-order chi connectivity index (χ1) is 14.3. The summed E-state index contributed by atoms with van der Waals surface area (Å²) in [7, 11) is -7.08. The first kappa shape index (κ1) is 23.0. The third-order valence-electron chi connectivity index (χ3n) is 4.02. The van der Waals surface area contributed by atoms with E-state index in [4.69, 9.17) is 26.7 Å². The number of imidazole rings is 1. The molecule has 168 valence electrons. The van der Waals surface area contributed by atoms with Crippen LogP contribution in [0.3, 0.4) is 0 Å². The Kier molecular flexibility index (Phi) is 6.01. The van der Waals surface area contributed by atoms with Crippen molar-refractivity contribution < 1.29 is 42.5 Å². The molecule has 2 aromatic heterocycles. The van der Waals surface area contributed by atoms with Gasteiger partial charge in [0, 0.05) is 14.1 Å². The Morgan fingerprint density at radius 1 is 1.35 bits per heavy atom. The van der Waals surface area contributed by atoms with Gasteiger partial charge in [0.05, 0.1) is 0 Å². The lowest BCUT2D eigenvalue weighted by molar-refractivity contribution is 0.0791. The van der Waals surface area contributed by atoms with Gasteiger partial charge in [0.1, 0.15) is 24.6 Å². The standard InChI is InChI=1S/C14H18N6O9P2/c1-4-7-10(21)8(5-27-31(25,26)29-30(22,23)24)28-13(7)20-6-16-9-11(19(2)3)17-14(15)18-12(9)20/h1,5-7,10,13,21H,2-3H3,(H,25,26)(H2,15,17,18)(H2,22,23,24)/b8-5+/t7-,10-,13+/m0/s1. The summed E-state index contributed by atoms with van der Waals surface area (Å²) in [5.41, 5.74) is 6.38. The highest BCUT2D eigenvalue weighted by molar-refractivity contribution is 7.60. The van der Waals surface area contributed by atoms with Crippen LogP contribution in [0.5, 0.6) is 0 Å². The number of aliphatic hydroxyl groups excluding tert-OH is 1. The third-order valence-corrected chi connectivity index (χ3v) is 6.07. The Balaban J connectivity index is 1.96. The SMILES string of the molecule is C#C[C@H]1[C@H](O)/C(=C\OP(=O)(O)OP(=O)(O)O)O[C@H]1n1cnc2c(N(C)C)nc(N)nc21. The third kappa shape index (κ3) is 4.81. The minimum absolute atomic E-state index is 0.0522. The molecule has 0 spiro atoms. The number of hydrogen-bond donors (Lipinski definition) is 5. The van der Waals surface area contributed by atoms with Gasteiger partial charge in [-0.1, -0.05) is 5.92 Å². The minimum atomic E-state index is -5.32. The average Bonchev–Trinajstić information content (AvgIpc) is 3.17. The highest BCUT2D eigenvalue weighted by Crippen LogP contribution is 2.58. The molecule has 1 aliphatic rings. The first-order valence-corrected chi connectivity index (χ1v) is 11.3. The molecule has 3 rings (SSSR count). The molecule has 15 nitrogen and oxygen atoms in total. The maximum absolute atomic E-state index is 11.6. The van der Waals surface area contributed by atoms with Crippen LogP contribution < -0.4 is 10.6 Å². The molecule has 0 amide bonds. The van der Waals surface area contributed by atoms with Crippen LogP contribution in [0.25, 0.3) is 11.2 Å². The molecule has 17 heteroatoms. The van der Waals surface area contributed by atoms with Crippen molar-refractivity contribution in [2.75, 3.05) is 24.7 Å². The molecule has 1 fully saturated rings. The van der Waals surface area contributed by atoms with Gasteiger partial charge in [-0.25, -0.2) is 14.1 Å². The monoisotopic (exact) mass is 476 g/mol. The molecule has 0 bridgehead atoms. The van der Waals surface area contributed by atoms with E-state index in [0.29, 0.717) is 17.6 Å². The van der Waals surface area contributed by atoms with Gasteiger partial charge in [0.25, 0.3) is 0 Å². The Morgan fingerprint density at radius 3 is 2.61 bits per heavy atom. The van der Waals surface area contributed by atoms with Crippen LogP contribution in [0.1, 0.15) is 6.23 Å². The van der Waals surface area contributed by atoms with Crippen molar-refractivity contribution in [3.63, 3.8) is 0 Å². The summed E-state index contributed by atoms with van der Waals surface area (Å²) in [4.78, 5) is 40.8. The van der Waals surface area contributed by atoms with E-state index in [-0.39, 0.29) is 11.6 Å². The quantitative estimate of drug-likeness (QED) is 0.205. The second-order valence-electron chi connectivity index (χ2n) is 6.44. The van der Waals surface area contributed by atoms with Crippen LogP contribution in [-0.2, 0) is 22.7 Å². The van der Waals surface area contributed by atoms with Gasteiger partial charge in [-0.05, 0) is 0 Å². The van der Waals surface area contributed by atoms with E-state index in [1.54, 1.807) is 19.0 Å². The average molecular weight is 476 g/mol. The molecule has 3 heterocycles. The summed E-state index contributed by atoms with van der Waals surface area (Å²) in [5.74, 6) is 1.30. The van der Waals surface area contributed by atoms with E-state index in [9.17, 15) is 19.1 Å². The summed E-state index contributed by atoms with van der Waals surface area (Å²) in [6.07, 6.45) is 4.75. The van der Waals surface area contributed by atoms with E-state index in [0.717, 1.165) is 0 Å². The maximum atomic E-state index is 11.6. The number of terminal acetylenes is 1. The van der Waals surface area contributed by atoms with Crippen LogP contribution in [0, 0.1) is 18.3 Å². The molecule has 6 N–H and O–H groups in total. The van der Waals surface area contributed by atoms with Crippen LogP contribution in [0.15, 0.2) is 18.3 Å². The lowest BCUT2D eigenvalue weighted by atomic mass is 10.0. The molecule has 1 unspecified atom stereocenters. The van der Waals surface area contributed by atoms with Gasteiger partial charge in [-0.15, -0.1) is 6.42 Å². The molecule has 0 aliphatic carbocycles. The number of rotatable bonds is 6. The summed E-state index contributed by atoms with van der Waals surface area (Å²) in [6.45, 7) is 0. The molecule has 1 saturated heterocycles. The zero-order valence-electron chi connectivity index (χ0n) is 16.0. The Hall–Kier alpha value is -2.69. The van der Waals surface area contributed by atoms with Crippen molar-refractivity contribution in [1.29, 1.82) is 0 Å². The Morgan fingerprint density at radius 2 is 2.03 bits per heavy atom. The molecule has 0 radical (unpaired) electrons. The number of aliphatic hydroxyl groups is 1. The first-order valence-electron chi connectivity index (χ1n) is 8.29. The van der Waals surface area contributed by atoms with Gasteiger partial charge < -0.3 is 34.8 Å². The van der Waals surface area contributed by atoms with Gasteiger partial charge in [-0.3, -0.25) is 9.46 Å². The smallest absolute Gasteiger partial charge is 0.467 e. The second-order valence-corrected chi connectivity index (χ2v) is 9.22. The number of nitrogens with two attached hydrogens (primary N) is 1. The molecule has 31 heavy (non-hydrogen) atoms. The van der Waals surface area contributed by atoms with Gasteiger partial charge in [-0.2, -0.15) is 14.3 Å². The van der Waals surface area contributed by atoms with E-state index >= 15 is 0 Å². The number of nitrogens with zero attached hydrogens (tertiary/aromatic N) is 5. The van der Waals surface area contributed by atoms with Crippen molar-refractivity contribution >= 4 is 38.6 Å². The predicted molar refractivity (Wildman–Crippen MR) is 105 cm³/mol. The molecular weight excluding hydrogens is 458 g/mol. The largest absolute Gasteiger partial charge is 0.535 e. The Labute approximate surface area is 174 Å². The predicted octanol–water partition coefficient (Wildman–Crippen LogP) is -0.319. The van der Waals surface area contributed by atoms with Gasteiger partial charge in [0.15, 0.2) is 29.0 Å². The zero-order chi connectivity index (χ0) is 23.1. The van der Waals surface area contributed by atoms with E-state index in [1.807, 2.05) is 0 Å². The summed E-state index contributed by atoms with van der Waals surface area (Å²) in [6, 6.07) is 0. The zero-order valence-corrected chi connectivity index (χ0v) is 17.8. The summed E-state index contributed by atoms with van der Waals surface area (Å²) >= 11 is 0. The van der Waals surface area contributed by atoms with Crippen molar-refractivity contribution in [1.82, 2.24) is 19.5 Å². The van der Waals surface area contributed by atoms with Crippen molar-refractivity contribution in [2.24, 2.45) is 5.92 Å². The van der Waals surface area contributed by atoms with E-state index in [1.165, 1.54) is 10.9 Å². The van der Waals surface area contributed by atoms with E-state index < -0.39 is 39.7 Å². The summed E-state index contributed by atoms with van der Waals surface area (Å²) in [5, 5.41) is 10.4. The summed E-state index contributed by atoms with van der Waals surface area (Å²) < 4.78 is 37.3. The number of nitrogen functional groups attached to an aromatic ring is 1. The highest BCUT2D eigenvalue weighted by atomic mass is 31.3.